The van der Waals surface area contributed by atoms with E-state index in [1.54, 1.807) is 35.5 Å². The van der Waals surface area contributed by atoms with Crippen LogP contribution in [0, 0.1) is 0 Å². The van der Waals surface area contributed by atoms with Gasteiger partial charge in [-0.2, -0.15) is 0 Å². The fourth-order valence-corrected chi connectivity index (χ4v) is 5.81. The summed E-state index contributed by atoms with van der Waals surface area (Å²) in [4.78, 5) is 30.3. The third kappa shape index (κ3) is 7.16. The van der Waals surface area contributed by atoms with Crippen LogP contribution in [0.2, 0.25) is 5.02 Å². The van der Waals surface area contributed by atoms with Gasteiger partial charge >= 0.3 is 0 Å². The standard InChI is InChI=1S/C31H34ClN5O3S/c1-35-10-12-36(13-11-35)25-8-6-22(7-9-25)15-24-18-29(34-21-33-24)37(20-27-5-4-14-41-27)30(38)17-23-16-26(39-2)19-28(40-3)31(23)32/h4-9,14,16,18-19,21H,10-13,15,17,20H2,1-3H3. The Balaban J connectivity index is 1.36. The average molecular weight is 592 g/mol. The van der Waals surface area contributed by atoms with Gasteiger partial charge in [-0.25, -0.2) is 9.97 Å². The lowest BCUT2D eigenvalue weighted by molar-refractivity contribution is -0.118. The van der Waals surface area contributed by atoms with Gasteiger partial charge in [-0.05, 0) is 47.8 Å². The first-order valence-electron chi connectivity index (χ1n) is 13.5. The molecule has 5 rings (SSSR count). The van der Waals surface area contributed by atoms with Crippen LogP contribution in [0.5, 0.6) is 11.5 Å². The van der Waals surface area contributed by atoms with Gasteiger partial charge in [0.15, 0.2) is 0 Å². The van der Waals surface area contributed by atoms with E-state index in [4.69, 9.17) is 21.1 Å². The average Bonchev–Trinajstić information content (AvgIpc) is 3.51. The van der Waals surface area contributed by atoms with Crippen LogP contribution in [0.25, 0.3) is 0 Å². The molecule has 41 heavy (non-hydrogen) atoms. The molecule has 0 aliphatic carbocycles. The molecule has 1 aliphatic rings. The molecule has 1 fully saturated rings. The molecule has 0 spiro atoms. The molecular formula is C31H34ClN5O3S. The predicted octanol–water partition coefficient (Wildman–Crippen LogP) is 5.33. The van der Waals surface area contributed by atoms with E-state index in [9.17, 15) is 4.79 Å². The van der Waals surface area contributed by atoms with Crippen LogP contribution in [0.15, 0.2) is 66.3 Å². The van der Waals surface area contributed by atoms with Crippen molar-refractivity contribution in [2.45, 2.75) is 19.4 Å². The zero-order chi connectivity index (χ0) is 28.8. The van der Waals surface area contributed by atoms with Crippen molar-refractivity contribution in [2.24, 2.45) is 0 Å². The number of benzene rings is 2. The van der Waals surface area contributed by atoms with Crippen LogP contribution in [-0.2, 0) is 24.2 Å². The van der Waals surface area contributed by atoms with E-state index >= 15 is 0 Å². The molecule has 0 atom stereocenters. The lowest BCUT2D eigenvalue weighted by Gasteiger charge is -2.34. The third-order valence-electron chi connectivity index (χ3n) is 7.26. The van der Waals surface area contributed by atoms with Crippen molar-refractivity contribution in [1.82, 2.24) is 14.9 Å². The van der Waals surface area contributed by atoms with Gasteiger partial charge in [0.2, 0.25) is 5.91 Å². The maximum atomic E-state index is 13.8. The molecule has 0 radical (unpaired) electrons. The second kappa shape index (κ2) is 13.3. The van der Waals surface area contributed by atoms with Crippen LogP contribution in [-0.4, -0.2) is 68.2 Å². The minimum atomic E-state index is -0.142. The van der Waals surface area contributed by atoms with E-state index in [0.717, 1.165) is 42.3 Å². The Morgan fingerprint density at radius 3 is 2.49 bits per heavy atom. The summed E-state index contributed by atoms with van der Waals surface area (Å²) in [6.45, 7) is 4.61. The molecule has 4 aromatic rings. The van der Waals surface area contributed by atoms with E-state index < -0.39 is 0 Å². The number of carbonyl (C=O) groups excluding carboxylic acids is 1. The Morgan fingerprint density at radius 2 is 1.80 bits per heavy atom. The highest BCUT2D eigenvalue weighted by Crippen LogP contribution is 2.34. The maximum Gasteiger partial charge on any atom is 0.232 e. The van der Waals surface area contributed by atoms with Gasteiger partial charge in [0.1, 0.15) is 23.6 Å². The summed E-state index contributed by atoms with van der Waals surface area (Å²) in [5, 5.41) is 2.39. The largest absolute Gasteiger partial charge is 0.497 e. The molecule has 3 heterocycles. The fraction of sp³-hybridized carbons (Fsp3) is 0.323. The van der Waals surface area contributed by atoms with Gasteiger partial charge in [0, 0.05) is 55.3 Å². The molecule has 0 saturated carbocycles. The van der Waals surface area contributed by atoms with Crippen molar-refractivity contribution in [2.75, 3.05) is 57.2 Å². The Bertz CT molecular complexity index is 1460. The quantitative estimate of drug-likeness (QED) is 0.247. The Kier molecular flexibility index (Phi) is 9.38. The number of halogens is 1. The minimum absolute atomic E-state index is 0.0604. The van der Waals surface area contributed by atoms with Crippen molar-refractivity contribution in [3.8, 4) is 11.5 Å². The predicted molar refractivity (Wildman–Crippen MR) is 165 cm³/mol. The zero-order valence-electron chi connectivity index (χ0n) is 23.5. The molecule has 1 saturated heterocycles. The second-order valence-electron chi connectivity index (χ2n) is 10.0. The summed E-state index contributed by atoms with van der Waals surface area (Å²) < 4.78 is 10.8. The van der Waals surface area contributed by atoms with Crippen LogP contribution >= 0.6 is 22.9 Å². The number of likely N-dealkylation sites (N-methyl/N-ethyl adjacent to an activating group) is 1. The SMILES string of the molecule is COc1cc(CC(=O)N(Cc2cccs2)c2cc(Cc3ccc(N4CCN(C)CC4)cc3)ncn2)c(Cl)c(OC)c1. The van der Waals surface area contributed by atoms with Crippen molar-refractivity contribution < 1.29 is 14.3 Å². The number of nitrogens with zero attached hydrogens (tertiary/aromatic N) is 5. The van der Waals surface area contributed by atoms with Crippen molar-refractivity contribution >= 4 is 40.4 Å². The molecule has 0 unspecified atom stereocenters. The van der Waals surface area contributed by atoms with Crippen LogP contribution < -0.4 is 19.3 Å². The zero-order valence-corrected chi connectivity index (χ0v) is 25.1. The van der Waals surface area contributed by atoms with E-state index in [1.807, 2.05) is 23.6 Å². The van der Waals surface area contributed by atoms with Gasteiger partial charge in [0.25, 0.3) is 0 Å². The molecule has 0 N–H and O–H groups in total. The van der Waals surface area contributed by atoms with Crippen molar-refractivity contribution in [1.29, 1.82) is 0 Å². The Labute approximate surface area is 250 Å². The molecule has 2 aromatic heterocycles. The normalized spacial score (nSPS) is 13.7. The lowest BCUT2D eigenvalue weighted by atomic mass is 10.1. The van der Waals surface area contributed by atoms with Gasteiger partial charge in [-0.1, -0.05) is 29.8 Å². The Hall–Kier alpha value is -3.66. The van der Waals surface area contributed by atoms with E-state index in [1.165, 1.54) is 19.1 Å². The van der Waals surface area contributed by atoms with E-state index in [-0.39, 0.29) is 12.3 Å². The number of thiophene rings is 1. The monoisotopic (exact) mass is 591 g/mol. The summed E-state index contributed by atoms with van der Waals surface area (Å²) in [6, 6.07) is 18.0. The number of piperazine rings is 1. The summed E-state index contributed by atoms with van der Waals surface area (Å²) >= 11 is 8.17. The van der Waals surface area contributed by atoms with Crippen molar-refractivity contribution in [3.05, 3.63) is 93.0 Å². The molecule has 10 heteroatoms. The molecule has 8 nitrogen and oxygen atoms in total. The van der Waals surface area contributed by atoms with Crippen LogP contribution in [0.3, 0.4) is 0 Å². The van der Waals surface area contributed by atoms with E-state index in [0.29, 0.717) is 40.9 Å². The first kappa shape index (κ1) is 28.9. The topological polar surface area (TPSA) is 71.0 Å². The highest BCUT2D eigenvalue weighted by atomic mass is 35.5. The minimum Gasteiger partial charge on any atom is -0.497 e. The molecular weight excluding hydrogens is 558 g/mol. The number of rotatable bonds is 10. The van der Waals surface area contributed by atoms with Gasteiger partial charge in [-0.3, -0.25) is 9.69 Å². The van der Waals surface area contributed by atoms with Gasteiger partial charge < -0.3 is 19.3 Å². The molecule has 1 amide bonds. The number of carbonyl (C=O) groups is 1. The first-order valence-corrected chi connectivity index (χ1v) is 14.8. The highest BCUT2D eigenvalue weighted by Gasteiger charge is 2.22. The second-order valence-corrected chi connectivity index (χ2v) is 11.5. The maximum absolute atomic E-state index is 13.8. The number of methoxy groups -OCH3 is 2. The number of hydrogen-bond donors (Lipinski definition) is 0. The van der Waals surface area contributed by atoms with Crippen molar-refractivity contribution in [3.63, 3.8) is 0 Å². The summed E-state index contributed by atoms with van der Waals surface area (Å²) in [6.07, 6.45) is 2.23. The number of amides is 1. The molecule has 214 valence electrons. The smallest absolute Gasteiger partial charge is 0.232 e. The summed E-state index contributed by atoms with van der Waals surface area (Å²) in [7, 11) is 5.27. The van der Waals surface area contributed by atoms with Gasteiger partial charge in [-0.15, -0.1) is 11.3 Å². The summed E-state index contributed by atoms with van der Waals surface area (Å²) in [5.41, 5.74) is 3.86. The number of anilines is 2. The lowest BCUT2D eigenvalue weighted by Crippen LogP contribution is -2.44. The van der Waals surface area contributed by atoms with Crippen LogP contribution in [0.4, 0.5) is 11.5 Å². The van der Waals surface area contributed by atoms with Gasteiger partial charge in [0.05, 0.1) is 37.9 Å². The van der Waals surface area contributed by atoms with Crippen LogP contribution in [0.1, 0.15) is 21.7 Å². The Morgan fingerprint density at radius 1 is 1.02 bits per heavy atom. The number of ether oxygens (including phenoxy) is 2. The third-order valence-corrected chi connectivity index (χ3v) is 8.55. The fourth-order valence-electron chi connectivity index (χ4n) is 4.86. The van der Waals surface area contributed by atoms with E-state index in [2.05, 4.69) is 51.1 Å². The molecule has 0 bridgehead atoms. The highest BCUT2D eigenvalue weighted by molar-refractivity contribution is 7.09. The first-order chi connectivity index (χ1) is 19.9. The number of hydrogen-bond acceptors (Lipinski definition) is 8. The number of aromatic nitrogens is 2. The molecule has 1 aliphatic heterocycles. The summed E-state index contributed by atoms with van der Waals surface area (Å²) in [5.74, 6) is 1.44. The molecule has 2 aromatic carbocycles.